The molecule has 336 valence electrons. The first-order valence-corrected chi connectivity index (χ1v) is 22.5. The molecule has 11 rings (SSSR count). The number of aromatic nitrogens is 6. The molecule has 0 spiro atoms. The van der Waals surface area contributed by atoms with Gasteiger partial charge >= 0.3 is 5.69 Å². The Hall–Kier alpha value is -8.32. The molecule has 12 nitrogen and oxygen atoms in total. The van der Waals surface area contributed by atoms with Crippen molar-refractivity contribution in [3.63, 3.8) is 0 Å². The third kappa shape index (κ3) is 7.95. The molecule has 68 heavy (non-hydrogen) atoms. The Morgan fingerprint density at radius 3 is 1.44 bits per heavy atom. The zero-order valence-electron chi connectivity index (χ0n) is 37.4. The molecule has 0 unspecified atom stereocenters. The number of phenols is 1. The van der Waals surface area contributed by atoms with Crippen LogP contribution in [0.4, 0.5) is 0 Å². The Morgan fingerprint density at radius 2 is 1.00 bits per heavy atom. The van der Waals surface area contributed by atoms with Crippen molar-refractivity contribution in [2.24, 2.45) is 0 Å². The summed E-state index contributed by atoms with van der Waals surface area (Å²) in [6.07, 6.45) is 7.51. The summed E-state index contributed by atoms with van der Waals surface area (Å²) >= 11 is 0. The van der Waals surface area contributed by atoms with Crippen LogP contribution in [0, 0.1) is 20.8 Å². The van der Waals surface area contributed by atoms with Crippen LogP contribution >= 0.6 is 0 Å². The van der Waals surface area contributed by atoms with Gasteiger partial charge in [0.1, 0.15) is 30.4 Å². The monoisotopic (exact) mass is 898 g/mol. The lowest BCUT2D eigenvalue weighted by atomic mass is 10.0. The summed E-state index contributed by atoms with van der Waals surface area (Å²) < 4.78 is 13.6. The molecule has 7 heterocycles. The normalized spacial score (nSPS) is 16.4. The predicted molar refractivity (Wildman–Crippen MR) is 268 cm³/mol. The molecule has 12 heteroatoms. The lowest BCUT2D eigenvalue weighted by Crippen LogP contribution is -2.33. The van der Waals surface area contributed by atoms with Crippen molar-refractivity contribution in [3.8, 4) is 56.0 Å². The summed E-state index contributed by atoms with van der Waals surface area (Å²) in [4.78, 5) is 45.2. The van der Waals surface area contributed by atoms with Gasteiger partial charge in [0, 0.05) is 62.5 Å². The molecule has 0 aliphatic carbocycles. The van der Waals surface area contributed by atoms with Crippen LogP contribution in [0.1, 0.15) is 52.1 Å². The maximum atomic E-state index is 12.6. The fraction of sp³-hybridized carbons (Fsp3) is 0.143. The standard InChI is InChI=1S/C56H46N6O6/c1-31-4-8-34(9-5-31)51-40-20-24-44(57-40)53(36-12-16-38(63)17-13-36)45-25-21-41(58-45)52(35-10-6-32(2)7-11-35)43-23-27-47(60-43)54(46-26-22-42(51)59-46)37-14-18-39(19-15-37)67-30-49-48(64)28-50(68-49)62-29-33(3)55(65)61-56(62)66/h4-27,29,48-50,57,60,63-64H,28,30H2,1-3H3,(H,61,65,66)/t48-,49+,50+/m0/s1. The Kier molecular flexibility index (Phi) is 10.7. The number of aromatic amines is 3. The van der Waals surface area contributed by atoms with E-state index in [1.165, 1.54) is 10.8 Å². The van der Waals surface area contributed by atoms with Crippen molar-refractivity contribution in [1.82, 2.24) is 29.5 Å². The first-order chi connectivity index (χ1) is 33.0. The minimum atomic E-state index is -0.887. The molecule has 0 radical (unpaired) electrons. The summed E-state index contributed by atoms with van der Waals surface area (Å²) in [6.45, 7) is 5.80. The van der Waals surface area contributed by atoms with Gasteiger partial charge in [-0.1, -0.05) is 83.9 Å². The number of nitrogens with zero attached hydrogens (tertiary/aromatic N) is 3. The van der Waals surface area contributed by atoms with E-state index >= 15 is 0 Å². The number of nitrogens with one attached hydrogen (secondary N) is 3. The number of aliphatic hydroxyl groups excluding tert-OH is 1. The van der Waals surface area contributed by atoms with Crippen LogP contribution in [0.3, 0.4) is 0 Å². The lowest BCUT2D eigenvalue weighted by molar-refractivity contribution is -0.0410. The highest BCUT2D eigenvalue weighted by Crippen LogP contribution is 2.39. The SMILES string of the molecule is Cc1ccc(-c2c3nc(c(-c4ccc(OC[C@H]5O[C@@H](n6cc(C)c(=O)[nH]c6=O)C[C@@H]5O)cc4)c4ccc([nH]4)c(-c4ccc(C)cc4)c4nc(c(-c5ccc(O)cc5)c5ccc2[nH]5)C=C4)C=C3)cc1. The van der Waals surface area contributed by atoms with Gasteiger partial charge in [0.05, 0.1) is 28.9 Å². The topological polar surface area (TPSA) is 171 Å². The molecule has 4 aromatic heterocycles. The number of ether oxygens (including phenoxy) is 2. The molecule has 3 atom stereocenters. The van der Waals surface area contributed by atoms with E-state index in [0.717, 1.165) is 100 Å². The summed E-state index contributed by atoms with van der Waals surface area (Å²) in [5, 5.41) is 21.2. The maximum Gasteiger partial charge on any atom is 0.330 e. The second-order valence-corrected chi connectivity index (χ2v) is 17.5. The fourth-order valence-corrected chi connectivity index (χ4v) is 9.22. The van der Waals surface area contributed by atoms with Gasteiger partial charge in [0.2, 0.25) is 0 Å². The average molecular weight is 899 g/mol. The Bertz CT molecular complexity index is 3580. The van der Waals surface area contributed by atoms with Gasteiger partial charge in [0.25, 0.3) is 5.56 Å². The van der Waals surface area contributed by atoms with E-state index in [4.69, 9.17) is 19.4 Å². The molecule has 4 aromatic carbocycles. The highest BCUT2D eigenvalue weighted by molar-refractivity contribution is 5.99. The van der Waals surface area contributed by atoms with Gasteiger partial charge in [0.15, 0.2) is 0 Å². The average Bonchev–Trinajstić information content (AvgIpc) is 4.21. The van der Waals surface area contributed by atoms with E-state index in [2.05, 4.69) is 126 Å². The summed E-state index contributed by atoms with van der Waals surface area (Å²) in [7, 11) is 0. The fourth-order valence-electron chi connectivity index (χ4n) is 9.22. The molecule has 0 amide bonds. The summed E-state index contributed by atoms with van der Waals surface area (Å²) in [5.41, 5.74) is 15.6. The maximum absolute atomic E-state index is 12.6. The van der Waals surface area contributed by atoms with Crippen LogP contribution in [-0.4, -0.2) is 58.5 Å². The number of hydrogen-bond acceptors (Lipinski definition) is 8. The van der Waals surface area contributed by atoms with Crippen LogP contribution in [-0.2, 0) is 4.74 Å². The molecule has 3 aliphatic rings. The number of aryl methyl sites for hydroxylation is 3. The van der Waals surface area contributed by atoms with Gasteiger partial charge in [-0.2, -0.15) is 0 Å². The third-order valence-corrected chi connectivity index (χ3v) is 12.8. The number of aliphatic hydroxyl groups is 1. The van der Waals surface area contributed by atoms with Crippen molar-refractivity contribution in [2.75, 3.05) is 6.61 Å². The van der Waals surface area contributed by atoms with Crippen molar-refractivity contribution >= 4 is 46.4 Å². The van der Waals surface area contributed by atoms with Gasteiger partial charge in [-0.25, -0.2) is 14.8 Å². The quantitative estimate of drug-likeness (QED) is 0.100. The summed E-state index contributed by atoms with van der Waals surface area (Å²) in [6, 6.07) is 40.2. The van der Waals surface area contributed by atoms with Crippen LogP contribution in [0.25, 0.3) is 90.9 Å². The molecule has 5 N–H and O–H groups in total. The van der Waals surface area contributed by atoms with Crippen LogP contribution in [0.15, 0.2) is 137 Å². The molecular formula is C56H46N6O6. The lowest BCUT2D eigenvalue weighted by Gasteiger charge is -2.17. The van der Waals surface area contributed by atoms with E-state index in [1.54, 1.807) is 19.1 Å². The van der Waals surface area contributed by atoms with Gasteiger partial charge in [-0.05, 0) is 116 Å². The van der Waals surface area contributed by atoms with Crippen molar-refractivity contribution in [3.05, 3.63) is 188 Å². The van der Waals surface area contributed by atoms with E-state index in [0.29, 0.717) is 11.3 Å². The second kappa shape index (κ2) is 17.2. The van der Waals surface area contributed by atoms with Crippen molar-refractivity contribution in [2.45, 2.75) is 45.6 Å². The van der Waals surface area contributed by atoms with Crippen LogP contribution in [0.5, 0.6) is 11.5 Å². The van der Waals surface area contributed by atoms with Gasteiger partial charge < -0.3 is 29.7 Å². The van der Waals surface area contributed by atoms with Crippen molar-refractivity contribution < 1.29 is 19.7 Å². The number of hydrogen-bond donors (Lipinski definition) is 5. The van der Waals surface area contributed by atoms with E-state index < -0.39 is 29.7 Å². The number of fused-ring (bicyclic) bond motifs is 8. The summed E-state index contributed by atoms with van der Waals surface area (Å²) in [5.74, 6) is 0.748. The van der Waals surface area contributed by atoms with Crippen LogP contribution < -0.4 is 16.0 Å². The zero-order chi connectivity index (χ0) is 46.6. The predicted octanol–water partition coefficient (Wildman–Crippen LogP) is 10.5. The molecule has 1 saturated heterocycles. The largest absolute Gasteiger partial charge is 0.508 e. The molecule has 3 aliphatic heterocycles. The van der Waals surface area contributed by atoms with Crippen LogP contribution in [0.2, 0.25) is 0 Å². The first-order valence-electron chi connectivity index (χ1n) is 22.5. The third-order valence-electron chi connectivity index (χ3n) is 12.8. The zero-order valence-corrected chi connectivity index (χ0v) is 37.4. The Balaban J connectivity index is 1.07. The minimum Gasteiger partial charge on any atom is -0.508 e. The smallest absolute Gasteiger partial charge is 0.330 e. The molecule has 0 saturated carbocycles. The van der Waals surface area contributed by atoms with E-state index in [1.807, 2.05) is 36.4 Å². The Morgan fingerprint density at radius 1 is 0.588 bits per heavy atom. The van der Waals surface area contributed by atoms with Crippen molar-refractivity contribution in [1.29, 1.82) is 0 Å². The number of phenolic OH excluding ortho intramolecular Hbond substituents is 1. The number of benzene rings is 4. The second-order valence-electron chi connectivity index (χ2n) is 17.5. The highest BCUT2D eigenvalue weighted by atomic mass is 16.6. The first kappa shape index (κ1) is 42.3. The van der Waals surface area contributed by atoms with Gasteiger partial charge in [-0.15, -0.1) is 0 Å². The number of aromatic hydroxyl groups is 1. The minimum absolute atomic E-state index is 0.0415. The number of rotatable bonds is 8. The Labute approximate surface area is 390 Å². The van der Waals surface area contributed by atoms with E-state index in [9.17, 15) is 19.8 Å². The van der Waals surface area contributed by atoms with E-state index in [-0.39, 0.29) is 18.8 Å². The highest BCUT2D eigenvalue weighted by Gasteiger charge is 2.36. The van der Waals surface area contributed by atoms with Gasteiger partial charge in [-0.3, -0.25) is 14.3 Å². The molecular weight excluding hydrogens is 853 g/mol. The molecule has 1 fully saturated rings. The number of H-pyrrole nitrogens is 3. The molecule has 8 aromatic rings. The molecule has 8 bridgehead atoms.